The number of hydrogen-bond acceptors (Lipinski definition) is 2. The van der Waals surface area contributed by atoms with Crippen molar-refractivity contribution in [1.29, 1.82) is 0 Å². The summed E-state index contributed by atoms with van der Waals surface area (Å²) in [4.78, 5) is 0. The lowest BCUT2D eigenvalue weighted by Gasteiger charge is -2.17. The van der Waals surface area contributed by atoms with Crippen LogP contribution in [0.1, 0.15) is 52.4 Å². The molecule has 1 aliphatic rings. The third-order valence-corrected chi connectivity index (χ3v) is 3.50. The summed E-state index contributed by atoms with van der Waals surface area (Å²) in [6.45, 7) is 5.62. The summed E-state index contributed by atoms with van der Waals surface area (Å²) in [6, 6.07) is 0.655. The average molecular weight is 213 g/mol. The maximum absolute atomic E-state index is 5.62. The van der Waals surface area contributed by atoms with Gasteiger partial charge in [-0.2, -0.15) is 0 Å². The van der Waals surface area contributed by atoms with Crippen molar-refractivity contribution in [1.82, 2.24) is 5.32 Å². The molecule has 1 N–H and O–H groups in total. The average Bonchev–Trinajstić information content (AvgIpc) is 2.70. The van der Waals surface area contributed by atoms with Gasteiger partial charge < -0.3 is 10.1 Å². The van der Waals surface area contributed by atoms with Crippen LogP contribution in [-0.2, 0) is 4.74 Å². The quantitative estimate of drug-likeness (QED) is 0.702. The molecule has 0 aromatic heterocycles. The number of ether oxygens (including phenoxy) is 1. The molecule has 1 rings (SSSR count). The minimum atomic E-state index is 0.582. The third-order valence-electron chi connectivity index (χ3n) is 3.50. The number of nitrogens with one attached hydrogen (secondary N) is 1. The van der Waals surface area contributed by atoms with E-state index in [0.29, 0.717) is 12.1 Å². The van der Waals surface area contributed by atoms with E-state index < -0.39 is 0 Å². The third kappa shape index (κ3) is 5.53. The molecule has 3 unspecified atom stereocenters. The van der Waals surface area contributed by atoms with Gasteiger partial charge >= 0.3 is 0 Å². The summed E-state index contributed by atoms with van der Waals surface area (Å²) in [5.74, 6) is 0.842. The van der Waals surface area contributed by atoms with Gasteiger partial charge in [-0.05, 0) is 45.6 Å². The monoisotopic (exact) mass is 213 g/mol. The molecule has 1 fully saturated rings. The summed E-state index contributed by atoms with van der Waals surface area (Å²) in [7, 11) is 2.05. The van der Waals surface area contributed by atoms with Gasteiger partial charge in [0.1, 0.15) is 0 Å². The maximum atomic E-state index is 5.62. The molecule has 1 aliphatic heterocycles. The Kier molecular flexibility index (Phi) is 6.26. The fourth-order valence-electron chi connectivity index (χ4n) is 2.41. The van der Waals surface area contributed by atoms with Gasteiger partial charge in [0.2, 0.25) is 0 Å². The second-order valence-corrected chi connectivity index (χ2v) is 5.10. The molecule has 0 aromatic carbocycles. The first kappa shape index (κ1) is 13.0. The summed E-state index contributed by atoms with van der Waals surface area (Å²) in [6.07, 6.45) is 8.41. The maximum Gasteiger partial charge on any atom is 0.0576 e. The van der Waals surface area contributed by atoms with Crippen molar-refractivity contribution in [2.24, 2.45) is 5.92 Å². The Morgan fingerprint density at radius 1 is 1.40 bits per heavy atom. The lowest BCUT2D eigenvalue weighted by atomic mass is 9.95. The Balaban J connectivity index is 1.98. The van der Waals surface area contributed by atoms with Crippen LogP contribution in [0.25, 0.3) is 0 Å². The van der Waals surface area contributed by atoms with E-state index in [2.05, 4.69) is 19.2 Å². The van der Waals surface area contributed by atoms with Gasteiger partial charge in [-0.15, -0.1) is 0 Å². The highest BCUT2D eigenvalue weighted by Crippen LogP contribution is 2.20. The van der Waals surface area contributed by atoms with Crippen LogP contribution < -0.4 is 5.32 Å². The predicted octanol–water partition coefficient (Wildman–Crippen LogP) is 2.97. The van der Waals surface area contributed by atoms with Gasteiger partial charge in [0.25, 0.3) is 0 Å². The highest BCUT2D eigenvalue weighted by atomic mass is 16.5. The standard InChI is InChI=1S/C13H27NO/c1-11(10-12(2)14-3)6-4-7-13-8-5-9-15-13/h11-14H,4-10H2,1-3H3. The molecule has 3 atom stereocenters. The first-order chi connectivity index (χ1) is 7.22. The second kappa shape index (κ2) is 7.24. The van der Waals surface area contributed by atoms with Crippen molar-refractivity contribution in [3.63, 3.8) is 0 Å². The Morgan fingerprint density at radius 3 is 2.80 bits per heavy atom. The first-order valence-electron chi connectivity index (χ1n) is 6.51. The zero-order chi connectivity index (χ0) is 11.1. The molecule has 2 heteroatoms. The van der Waals surface area contributed by atoms with Gasteiger partial charge in [0.15, 0.2) is 0 Å². The zero-order valence-corrected chi connectivity index (χ0v) is 10.6. The van der Waals surface area contributed by atoms with Crippen LogP contribution in [0.15, 0.2) is 0 Å². The summed E-state index contributed by atoms with van der Waals surface area (Å²) < 4.78 is 5.62. The Hall–Kier alpha value is -0.0800. The molecular weight excluding hydrogens is 186 g/mol. The highest BCUT2D eigenvalue weighted by molar-refractivity contribution is 4.67. The van der Waals surface area contributed by atoms with Crippen molar-refractivity contribution in [3.05, 3.63) is 0 Å². The topological polar surface area (TPSA) is 21.3 Å². The van der Waals surface area contributed by atoms with Crippen molar-refractivity contribution in [3.8, 4) is 0 Å². The number of rotatable bonds is 7. The van der Waals surface area contributed by atoms with Crippen LogP contribution >= 0.6 is 0 Å². The Morgan fingerprint density at radius 2 is 2.20 bits per heavy atom. The van der Waals surface area contributed by atoms with E-state index in [4.69, 9.17) is 4.74 Å². The van der Waals surface area contributed by atoms with Gasteiger partial charge in [-0.3, -0.25) is 0 Å². The van der Waals surface area contributed by atoms with Crippen LogP contribution in [0.3, 0.4) is 0 Å². The first-order valence-corrected chi connectivity index (χ1v) is 6.51. The fourth-order valence-corrected chi connectivity index (χ4v) is 2.41. The molecule has 0 bridgehead atoms. The second-order valence-electron chi connectivity index (χ2n) is 5.10. The Labute approximate surface area is 94.8 Å². The fraction of sp³-hybridized carbons (Fsp3) is 1.00. The van der Waals surface area contributed by atoms with Crippen molar-refractivity contribution in [2.45, 2.75) is 64.5 Å². The van der Waals surface area contributed by atoms with Crippen molar-refractivity contribution in [2.75, 3.05) is 13.7 Å². The van der Waals surface area contributed by atoms with E-state index in [-0.39, 0.29) is 0 Å². The van der Waals surface area contributed by atoms with Crippen LogP contribution in [-0.4, -0.2) is 25.8 Å². The lowest BCUT2D eigenvalue weighted by Crippen LogP contribution is -2.23. The molecule has 90 valence electrons. The molecule has 1 heterocycles. The van der Waals surface area contributed by atoms with E-state index in [9.17, 15) is 0 Å². The molecule has 1 saturated heterocycles. The SMILES string of the molecule is CNC(C)CC(C)CCCC1CCCO1. The molecule has 0 saturated carbocycles. The van der Waals surface area contributed by atoms with Gasteiger partial charge in [-0.1, -0.05) is 19.8 Å². The summed E-state index contributed by atoms with van der Waals surface area (Å²) >= 11 is 0. The molecular formula is C13H27NO. The minimum Gasteiger partial charge on any atom is -0.378 e. The molecule has 15 heavy (non-hydrogen) atoms. The largest absolute Gasteiger partial charge is 0.378 e. The van der Waals surface area contributed by atoms with Crippen molar-refractivity contribution < 1.29 is 4.74 Å². The molecule has 0 radical (unpaired) electrons. The van der Waals surface area contributed by atoms with Crippen LogP contribution in [0.2, 0.25) is 0 Å². The predicted molar refractivity (Wildman–Crippen MR) is 65.1 cm³/mol. The molecule has 0 aliphatic carbocycles. The molecule has 0 spiro atoms. The van der Waals surface area contributed by atoms with Gasteiger partial charge in [-0.25, -0.2) is 0 Å². The van der Waals surface area contributed by atoms with Crippen molar-refractivity contribution >= 4 is 0 Å². The molecule has 0 aromatic rings. The highest BCUT2D eigenvalue weighted by Gasteiger charge is 2.15. The normalized spacial score (nSPS) is 25.4. The van der Waals surface area contributed by atoms with E-state index >= 15 is 0 Å². The van der Waals surface area contributed by atoms with E-state index in [0.717, 1.165) is 12.5 Å². The van der Waals surface area contributed by atoms with Crippen LogP contribution in [0, 0.1) is 5.92 Å². The molecule has 2 nitrogen and oxygen atoms in total. The smallest absolute Gasteiger partial charge is 0.0576 e. The number of hydrogen-bond donors (Lipinski definition) is 1. The van der Waals surface area contributed by atoms with Crippen LogP contribution in [0.4, 0.5) is 0 Å². The van der Waals surface area contributed by atoms with E-state index in [1.807, 2.05) is 7.05 Å². The van der Waals surface area contributed by atoms with E-state index in [1.165, 1.54) is 38.5 Å². The van der Waals surface area contributed by atoms with Crippen LogP contribution in [0.5, 0.6) is 0 Å². The van der Waals surface area contributed by atoms with Gasteiger partial charge in [0, 0.05) is 12.6 Å². The van der Waals surface area contributed by atoms with Gasteiger partial charge in [0.05, 0.1) is 6.10 Å². The summed E-state index contributed by atoms with van der Waals surface area (Å²) in [5, 5.41) is 3.30. The minimum absolute atomic E-state index is 0.582. The van der Waals surface area contributed by atoms with E-state index in [1.54, 1.807) is 0 Å². The Bertz CT molecular complexity index is 155. The zero-order valence-electron chi connectivity index (χ0n) is 10.6. The molecule has 0 amide bonds. The summed E-state index contributed by atoms with van der Waals surface area (Å²) in [5.41, 5.74) is 0. The lowest BCUT2D eigenvalue weighted by molar-refractivity contribution is 0.101.